The molecule has 0 aliphatic rings. The summed E-state index contributed by atoms with van der Waals surface area (Å²) in [5.41, 5.74) is 0.598. The first-order valence-corrected chi connectivity index (χ1v) is 9.12. The van der Waals surface area contributed by atoms with Gasteiger partial charge in [0.15, 0.2) is 4.96 Å². The van der Waals surface area contributed by atoms with Crippen molar-refractivity contribution >= 4 is 33.2 Å². The minimum atomic E-state index is -0.625. The maximum atomic E-state index is 12.7. The molecular weight excluding hydrogens is 368 g/mol. The van der Waals surface area contributed by atoms with Crippen molar-refractivity contribution in [3.63, 3.8) is 0 Å². The largest absolute Gasteiger partial charge is 0.352 e. The SMILES string of the molecule is Cc1cc(C(=O)NCCc2cn3ccsc3n2)c2c(=O)[nH]c(=O)n(C)c2n1. The van der Waals surface area contributed by atoms with Gasteiger partial charge in [0.2, 0.25) is 0 Å². The van der Waals surface area contributed by atoms with Crippen LogP contribution in [0.1, 0.15) is 21.7 Å². The lowest BCUT2D eigenvalue weighted by molar-refractivity contribution is 0.0955. The molecule has 0 fully saturated rings. The zero-order chi connectivity index (χ0) is 19.1. The molecular formula is C17H16N6O3S. The molecule has 9 nitrogen and oxygen atoms in total. The van der Waals surface area contributed by atoms with Crippen molar-refractivity contribution in [2.75, 3.05) is 6.54 Å². The van der Waals surface area contributed by atoms with Crippen molar-refractivity contribution in [3.05, 3.63) is 61.6 Å². The Hall–Kier alpha value is -3.27. The fraction of sp³-hybridized carbons (Fsp3) is 0.235. The van der Waals surface area contributed by atoms with Crippen LogP contribution in [0.25, 0.3) is 16.0 Å². The summed E-state index contributed by atoms with van der Waals surface area (Å²) in [6.07, 6.45) is 4.42. The lowest BCUT2D eigenvalue weighted by atomic mass is 10.1. The number of imidazole rings is 1. The number of fused-ring (bicyclic) bond motifs is 2. The van der Waals surface area contributed by atoms with Crippen LogP contribution in [0.5, 0.6) is 0 Å². The normalized spacial score (nSPS) is 11.3. The molecule has 0 spiro atoms. The first-order valence-electron chi connectivity index (χ1n) is 8.24. The Morgan fingerprint density at radius 1 is 1.33 bits per heavy atom. The number of carbonyl (C=O) groups is 1. The number of pyridine rings is 1. The number of nitrogens with zero attached hydrogens (tertiary/aromatic N) is 4. The first kappa shape index (κ1) is 17.2. The first-order chi connectivity index (χ1) is 12.9. The van der Waals surface area contributed by atoms with Gasteiger partial charge in [-0.1, -0.05) is 0 Å². The number of amides is 1. The standard InChI is InChI=1S/C17H16N6O3S/c1-9-7-11(12-13(19-9)22(2)16(26)21-15(12)25)14(24)18-4-3-10-8-23-5-6-27-17(23)20-10/h5-8H,3-4H2,1-2H3,(H,18,24)(H,21,25,26). The van der Waals surface area contributed by atoms with Crippen LogP contribution in [0, 0.1) is 6.92 Å². The molecule has 0 saturated carbocycles. The Labute approximate surface area is 156 Å². The van der Waals surface area contributed by atoms with Gasteiger partial charge in [0, 0.05) is 43.5 Å². The van der Waals surface area contributed by atoms with Gasteiger partial charge in [-0.05, 0) is 13.0 Å². The number of nitrogens with one attached hydrogen (secondary N) is 2. The van der Waals surface area contributed by atoms with Crippen molar-refractivity contribution < 1.29 is 4.79 Å². The van der Waals surface area contributed by atoms with Crippen LogP contribution in [0.4, 0.5) is 0 Å². The number of hydrogen-bond acceptors (Lipinski definition) is 6. The number of hydrogen-bond donors (Lipinski definition) is 2. The summed E-state index contributed by atoms with van der Waals surface area (Å²) in [4.78, 5) is 48.5. The fourth-order valence-electron chi connectivity index (χ4n) is 2.94. The highest BCUT2D eigenvalue weighted by molar-refractivity contribution is 7.15. The molecule has 4 aromatic rings. The third kappa shape index (κ3) is 3.04. The maximum Gasteiger partial charge on any atom is 0.329 e. The van der Waals surface area contributed by atoms with E-state index in [9.17, 15) is 14.4 Å². The Morgan fingerprint density at radius 2 is 2.15 bits per heavy atom. The molecule has 0 aliphatic heterocycles. The van der Waals surface area contributed by atoms with Crippen LogP contribution in [-0.2, 0) is 13.5 Å². The van der Waals surface area contributed by atoms with E-state index in [1.165, 1.54) is 11.6 Å². The molecule has 27 heavy (non-hydrogen) atoms. The van der Waals surface area contributed by atoms with Crippen molar-refractivity contribution in [1.29, 1.82) is 0 Å². The van der Waals surface area contributed by atoms with Gasteiger partial charge in [0.1, 0.15) is 5.65 Å². The predicted molar refractivity (Wildman–Crippen MR) is 101 cm³/mol. The van der Waals surface area contributed by atoms with Crippen molar-refractivity contribution in [2.45, 2.75) is 13.3 Å². The number of aryl methyl sites for hydroxylation is 2. The predicted octanol–water partition coefficient (Wildman–Crippen LogP) is 0.612. The summed E-state index contributed by atoms with van der Waals surface area (Å²) < 4.78 is 3.15. The number of aromatic amines is 1. The molecule has 4 heterocycles. The molecule has 0 atom stereocenters. The van der Waals surface area contributed by atoms with Gasteiger partial charge in [-0.2, -0.15) is 0 Å². The molecule has 2 N–H and O–H groups in total. The van der Waals surface area contributed by atoms with Gasteiger partial charge in [0.25, 0.3) is 11.5 Å². The molecule has 4 rings (SSSR count). The highest BCUT2D eigenvalue weighted by atomic mass is 32.1. The van der Waals surface area contributed by atoms with Crippen molar-refractivity contribution in [3.8, 4) is 0 Å². The number of H-pyrrole nitrogens is 1. The minimum Gasteiger partial charge on any atom is -0.352 e. The second-order valence-electron chi connectivity index (χ2n) is 6.16. The molecule has 0 radical (unpaired) electrons. The quantitative estimate of drug-likeness (QED) is 0.535. The summed E-state index contributed by atoms with van der Waals surface area (Å²) in [7, 11) is 1.50. The summed E-state index contributed by atoms with van der Waals surface area (Å²) in [6, 6.07) is 1.55. The average molecular weight is 384 g/mol. The van der Waals surface area contributed by atoms with Gasteiger partial charge < -0.3 is 5.32 Å². The summed E-state index contributed by atoms with van der Waals surface area (Å²) in [6.45, 7) is 2.08. The minimum absolute atomic E-state index is 0.0997. The van der Waals surface area contributed by atoms with Gasteiger partial charge in [-0.3, -0.25) is 23.5 Å². The second-order valence-corrected chi connectivity index (χ2v) is 7.03. The maximum absolute atomic E-state index is 12.7. The number of rotatable bonds is 4. The molecule has 10 heteroatoms. The van der Waals surface area contributed by atoms with Crippen molar-refractivity contribution in [2.24, 2.45) is 7.05 Å². The third-order valence-electron chi connectivity index (χ3n) is 4.25. The Morgan fingerprint density at radius 3 is 2.93 bits per heavy atom. The van der Waals surface area contributed by atoms with E-state index in [2.05, 4.69) is 20.3 Å². The van der Waals surface area contributed by atoms with Crippen LogP contribution < -0.4 is 16.6 Å². The zero-order valence-electron chi connectivity index (χ0n) is 14.6. The topological polar surface area (TPSA) is 114 Å². The second kappa shape index (κ2) is 6.47. The summed E-state index contributed by atoms with van der Waals surface area (Å²) >= 11 is 1.54. The zero-order valence-corrected chi connectivity index (χ0v) is 15.5. The van der Waals surface area contributed by atoms with E-state index in [4.69, 9.17) is 0 Å². The summed E-state index contributed by atoms with van der Waals surface area (Å²) in [5, 5.41) is 4.87. The van der Waals surface area contributed by atoms with E-state index in [1.807, 2.05) is 22.2 Å². The van der Waals surface area contributed by atoms with E-state index in [0.717, 1.165) is 10.7 Å². The monoisotopic (exact) mass is 384 g/mol. The Kier molecular flexibility index (Phi) is 4.11. The number of thiazole rings is 1. The van der Waals surface area contributed by atoms with E-state index < -0.39 is 17.2 Å². The Bertz CT molecular complexity index is 1270. The van der Waals surface area contributed by atoms with Gasteiger partial charge in [-0.25, -0.2) is 14.8 Å². The average Bonchev–Trinajstić information content (AvgIpc) is 3.20. The molecule has 0 aliphatic carbocycles. The number of carbonyl (C=O) groups excluding carboxylic acids is 1. The van der Waals surface area contributed by atoms with E-state index >= 15 is 0 Å². The van der Waals surface area contributed by atoms with Crippen molar-refractivity contribution in [1.82, 2.24) is 29.2 Å². The molecule has 0 unspecified atom stereocenters. The lowest BCUT2D eigenvalue weighted by Crippen LogP contribution is -2.32. The van der Waals surface area contributed by atoms with E-state index in [-0.39, 0.29) is 16.6 Å². The third-order valence-corrected chi connectivity index (χ3v) is 5.02. The molecule has 1 amide bonds. The highest BCUT2D eigenvalue weighted by Crippen LogP contribution is 2.14. The van der Waals surface area contributed by atoms with Crippen LogP contribution in [0.2, 0.25) is 0 Å². The lowest BCUT2D eigenvalue weighted by Gasteiger charge is -2.10. The molecule has 0 saturated heterocycles. The van der Waals surface area contributed by atoms with Gasteiger partial charge in [0.05, 0.1) is 16.6 Å². The molecule has 4 aromatic heterocycles. The smallest absolute Gasteiger partial charge is 0.329 e. The van der Waals surface area contributed by atoms with Crippen LogP contribution in [0.15, 0.2) is 33.4 Å². The van der Waals surface area contributed by atoms with Crippen LogP contribution in [0.3, 0.4) is 0 Å². The Balaban J connectivity index is 1.60. The van der Waals surface area contributed by atoms with Gasteiger partial charge in [-0.15, -0.1) is 11.3 Å². The molecule has 0 bridgehead atoms. The fourth-order valence-corrected chi connectivity index (χ4v) is 3.66. The molecule has 138 valence electrons. The van der Waals surface area contributed by atoms with Crippen LogP contribution in [-0.4, -0.2) is 36.4 Å². The van der Waals surface area contributed by atoms with E-state index in [1.54, 1.807) is 24.3 Å². The molecule has 0 aromatic carbocycles. The highest BCUT2D eigenvalue weighted by Gasteiger charge is 2.17. The van der Waals surface area contributed by atoms with Gasteiger partial charge >= 0.3 is 5.69 Å². The summed E-state index contributed by atoms with van der Waals surface area (Å²) in [5.74, 6) is -0.393. The number of aromatic nitrogens is 5. The van der Waals surface area contributed by atoms with Crippen LogP contribution >= 0.6 is 11.3 Å². The van der Waals surface area contributed by atoms with E-state index in [0.29, 0.717) is 18.7 Å².